The first-order chi connectivity index (χ1) is 9.99. The van der Waals surface area contributed by atoms with Crippen LogP contribution in [-0.4, -0.2) is 49.2 Å². The Morgan fingerprint density at radius 3 is 2.71 bits per heavy atom. The van der Waals surface area contributed by atoms with Crippen molar-refractivity contribution in [2.75, 3.05) is 32.0 Å². The first-order valence-corrected chi connectivity index (χ1v) is 7.41. The summed E-state index contributed by atoms with van der Waals surface area (Å²) < 4.78 is 11.1. The number of carbonyl (C=O) groups is 2. The number of anilines is 1. The lowest BCUT2D eigenvalue weighted by Gasteiger charge is -2.29. The maximum absolute atomic E-state index is 12.2. The Morgan fingerprint density at radius 1 is 1.38 bits per heavy atom. The van der Waals surface area contributed by atoms with Crippen LogP contribution in [-0.2, 0) is 14.3 Å². The highest BCUT2D eigenvalue weighted by Crippen LogP contribution is 2.20. The van der Waals surface area contributed by atoms with Crippen molar-refractivity contribution in [2.45, 2.75) is 13.0 Å². The normalized spacial score (nSPS) is 16.4. The number of rotatable bonds is 3. The third kappa shape index (κ3) is 3.95. The standard InChI is InChI=1S/C14H17BrN2O4/c1-9(13(18)17-4-6-20-7-5-17)21-14(19)11-8-10(15)2-3-12(11)16/h2-3,8-9H,4-7,16H2,1H3. The molecule has 7 heteroatoms. The molecule has 0 saturated carbocycles. The van der Waals surface area contributed by atoms with Gasteiger partial charge in [-0.25, -0.2) is 4.79 Å². The number of hydrogen-bond donors (Lipinski definition) is 1. The Balaban J connectivity index is 2.01. The molecule has 1 heterocycles. The Labute approximate surface area is 131 Å². The number of ether oxygens (including phenoxy) is 2. The number of carbonyl (C=O) groups excluding carboxylic acids is 2. The summed E-state index contributed by atoms with van der Waals surface area (Å²) in [6.07, 6.45) is -0.853. The lowest BCUT2D eigenvalue weighted by molar-refractivity contribution is -0.143. The van der Waals surface area contributed by atoms with Gasteiger partial charge in [-0.15, -0.1) is 0 Å². The Kier molecular flexibility index (Phi) is 5.19. The molecular weight excluding hydrogens is 340 g/mol. The predicted molar refractivity (Wildman–Crippen MR) is 80.8 cm³/mol. The van der Waals surface area contributed by atoms with Gasteiger partial charge in [-0.1, -0.05) is 15.9 Å². The zero-order valence-corrected chi connectivity index (χ0v) is 13.3. The van der Waals surface area contributed by atoms with Gasteiger partial charge >= 0.3 is 5.97 Å². The largest absolute Gasteiger partial charge is 0.449 e. The van der Waals surface area contributed by atoms with E-state index in [1.807, 2.05) is 0 Å². The zero-order chi connectivity index (χ0) is 15.4. The third-order valence-electron chi connectivity index (χ3n) is 3.19. The van der Waals surface area contributed by atoms with Crippen molar-refractivity contribution in [3.8, 4) is 0 Å². The third-order valence-corrected chi connectivity index (χ3v) is 3.68. The van der Waals surface area contributed by atoms with Crippen LogP contribution in [0.3, 0.4) is 0 Å². The lowest BCUT2D eigenvalue weighted by atomic mass is 10.2. The van der Waals surface area contributed by atoms with Crippen LogP contribution >= 0.6 is 15.9 Å². The quantitative estimate of drug-likeness (QED) is 0.654. The second-order valence-electron chi connectivity index (χ2n) is 4.72. The number of halogens is 1. The van der Waals surface area contributed by atoms with E-state index in [9.17, 15) is 9.59 Å². The number of esters is 1. The van der Waals surface area contributed by atoms with Gasteiger partial charge in [0.1, 0.15) is 0 Å². The van der Waals surface area contributed by atoms with Crippen molar-refractivity contribution in [1.82, 2.24) is 4.90 Å². The van der Waals surface area contributed by atoms with Gasteiger partial charge in [0.25, 0.3) is 5.91 Å². The monoisotopic (exact) mass is 356 g/mol. The molecule has 0 bridgehead atoms. The average Bonchev–Trinajstić information content (AvgIpc) is 2.49. The summed E-state index contributed by atoms with van der Waals surface area (Å²) in [5, 5.41) is 0. The molecular formula is C14H17BrN2O4. The number of amides is 1. The molecule has 1 aliphatic rings. The van der Waals surface area contributed by atoms with Gasteiger partial charge in [-0.05, 0) is 25.1 Å². The van der Waals surface area contributed by atoms with Gasteiger partial charge in [0.05, 0.1) is 18.8 Å². The minimum atomic E-state index is -0.853. The van der Waals surface area contributed by atoms with E-state index in [2.05, 4.69) is 15.9 Å². The molecule has 6 nitrogen and oxygen atoms in total. The number of benzene rings is 1. The second-order valence-corrected chi connectivity index (χ2v) is 5.63. The SMILES string of the molecule is CC(OC(=O)c1cc(Br)ccc1N)C(=O)N1CCOCC1. The maximum atomic E-state index is 12.2. The van der Waals surface area contributed by atoms with E-state index in [0.717, 1.165) is 4.47 Å². The number of nitrogens with zero attached hydrogens (tertiary/aromatic N) is 1. The number of nitrogen functional groups attached to an aromatic ring is 1. The molecule has 1 saturated heterocycles. The molecule has 0 aliphatic carbocycles. The van der Waals surface area contributed by atoms with Gasteiger partial charge in [-0.3, -0.25) is 4.79 Å². The molecule has 2 N–H and O–H groups in total. The topological polar surface area (TPSA) is 81.9 Å². The first-order valence-electron chi connectivity index (χ1n) is 6.61. The number of hydrogen-bond acceptors (Lipinski definition) is 5. The van der Waals surface area contributed by atoms with Crippen molar-refractivity contribution >= 4 is 33.5 Å². The Hall–Kier alpha value is -1.60. The fraction of sp³-hybridized carbons (Fsp3) is 0.429. The number of morpholine rings is 1. The van der Waals surface area contributed by atoms with E-state index in [0.29, 0.717) is 32.0 Å². The molecule has 1 aromatic carbocycles. The molecule has 114 valence electrons. The Bertz CT molecular complexity index is 544. The molecule has 1 unspecified atom stereocenters. The van der Waals surface area contributed by atoms with Crippen molar-refractivity contribution in [3.05, 3.63) is 28.2 Å². The van der Waals surface area contributed by atoms with E-state index in [-0.39, 0.29) is 11.5 Å². The van der Waals surface area contributed by atoms with Gasteiger partial charge in [-0.2, -0.15) is 0 Å². The summed E-state index contributed by atoms with van der Waals surface area (Å²) in [6, 6.07) is 4.91. The highest BCUT2D eigenvalue weighted by Gasteiger charge is 2.26. The van der Waals surface area contributed by atoms with Gasteiger partial charge < -0.3 is 20.1 Å². The fourth-order valence-electron chi connectivity index (χ4n) is 2.02. The molecule has 0 spiro atoms. The van der Waals surface area contributed by atoms with Crippen LogP contribution in [0, 0.1) is 0 Å². The summed E-state index contributed by atoms with van der Waals surface area (Å²) in [5.74, 6) is -0.830. The Morgan fingerprint density at radius 2 is 2.05 bits per heavy atom. The molecule has 0 aromatic heterocycles. The van der Waals surface area contributed by atoms with Gasteiger partial charge in [0.2, 0.25) is 0 Å². The lowest BCUT2D eigenvalue weighted by Crippen LogP contribution is -2.46. The summed E-state index contributed by atoms with van der Waals surface area (Å²) in [6.45, 7) is 3.60. The van der Waals surface area contributed by atoms with Gasteiger partial charge in [0, 0.05) is 23.2 Å². The van der Waals surface area contributed by atoms with Crippen LogP contribution < -0.4 is 5.73 Å². The highest BCUT2D eigenvalue weighted by molar-refractivity contribution is 9.10. The van der Waals surface area contributed by atoms with E-state index in [1.165, 1.54) is 0 Å². The summed E-state index contributed by atoms with van der Waals surface area (Å²) in [7, 11) is 0. The van der Waals surface area contributed by atoms with Gasteiger partial charge in [0.15, 0.2) is 6.10 Å². The average molecular weight is 357 g/mol. The summed E-state index contributed by atoms with van der Waals surface area (Å²) in [5.41, 5.74) is 6.31. The highest BCUT2D eigenvalue weighted by atomic mass is 79.9. The molecule has 1 amide bonds. The molecule has 1 atom stereocenters. The minimum absolute atomic E-state index is 0.222. The molecule has 21 heavy (non-hydrogen) atoms. The van der Waals surface area contributed by atoms with E-state index in [4.69, 9.17) is 15.2 Å². The smallest absolute Gasteiger partial charge is 0.341 e. The zero-order valence-electron chi connectivity index (χ0n) is 11.7. The van der Waals surface area contributed by atoms with Crippen LogP contribution in [0.4, 0.5) is 5.69 Å². The molecule has 1 fully saturated rings. The molecule has 0 radical (unpaired) electrons. The van der Waals surface area contributed by atoms with Crippen molar-refractivity contribution in [3.63, 3.8) is 0 Å². The van der Waals surface area contributed by atoms with E-state index < -0.39 is 12.1 Å². The molecule has 1 aromatic rings. The maximum Gasteiger partial charge on any atom is 0.341 e. The summed E-state index contributed by atoms with van der Waals surface area (Å²) in [4.78, 5) is 25.9. The fourth-order valence-corrected chi connectivity index (χ4v) is 2.38. The molecule has 1 aliphatic heterocycles. The van der Waals surface area contributed by atoms with E-state index in [1.54, 1.807) is 30.0 Å². The number of nitrogens with two attached hydrogens (primary N) is 1. The van der Waals surface area contributed by atoms with E-state index >= 15 is 0 Å². The van der Waals surface area contributed by atoms with Crippen LogP contribution in [0.1, 0.15) is 17.3 Å². The minimum Gasteiger partial charge on any atom is -0.449 e. The first kappa shape index (κ1) is 15.8. The van der Waals surface area contributed by atoms with Crippen molar-refractivity contribution in [2.24, 2.45) is 0 Å². The summed E-state index contributed by atoms with van der Waals surface area (Å²) >= 11 is 3.27. The molecule has 2 rings (SSSR count). The van der Waals surface area contributed by atoms with Crippen LogP contribution in [0.25, 0.3) is 0 Å². The predicted octanol–water partition coefficient (Wildman–Crippen LogP) is 1.44. The van der Waals surface area contributed by atoms with Crippen LogP contribution in [0.5, 0.6) is 0 Å². The van der Waals surface area contributed by atoms with Crippen molar-refractivity contribution in [1.29, 1.82) is 0 Å². The van der Waals surface area contributed by atoms with Crippen LogP contribution in [0.15, 0.2) is 22.7 Å². The van der Waals surface area contributed by atoms with Crippen LogP contribution in [0.2, 0.25) is 0 Å². The van der Waals surface area contributed by atoms with Crippen molar-refractivity contribution < 1.29 is 19.1 Å². The second kappa shape index (κ2) is 6.91.